The molecule has 1 heterocycles. The molecule has 0 saturated heterocycles. The van der Waals surface area contributed by atoms with E-state index in [2.05, 4.69) is 22.4 Å². The SMILES string of the molecule is CCCC(C)NC(=O)C(C)S(=O)Cc1nc(-c2ccc(C)cc2)no1. The molecule has 25 heavy (non-hydrogen) atoms. The van der Waals surface area contributed by atoms with Gasteiger partial charge in [-0.2, -0.15) is 4.98 Å². The van der Waals surface area contributed by atoms with E-state index >= 15 is 0 Å². The van der Waals surface area contributed by atoms with Crippen LogP contribution in [0.5, 0.6) is 0 Å². The molecule has 0 aliphatic carbocycles. The normalized spacial score (nSPS) is 14.7. The van der Waals surface area contributed by atoms with E-state index in [1.807, 2.05) is 38.1 Å². The summed E-state index contributed by atoms with van der Waals surface area (Å²) in [7, 11) is -1.42. The zero-order valence-corrected chi connectivity index (χ0v) is 15.9. The van der Waals surface area contributed by atoms with Gasteiger partial charge in [0.25, 0.3) is 0 Å². The summed E-state index contributed by atoms with van der Waals surface area (Å²) in [5.74, 6) is 0.587. The average molecular weight is 363 g/mol. The van der Waals surface area contributed by atoms with Crippen molar-refractivity contribution in [2.24, 2.45) is 0 Å². The Morgan fingerprint density at radius 3 is 2.60 bits per heavy atom. The summed E-state index contributed by atoms with van der Waals surface area (Å²) >= 11 is 0. The van der Waals surface area contributed by atoms with Gasteiger partial charge in [0.2, 0.25) is 17.6 Å². The molecule has 7 heteroatoms. The van der Waals surface area contributed by atoms with Gasteiger partial charge in [0.1, 0.15) is 11.0 Å². The van der Waals surface area contributed by atoms with Crippen molar-refractivity contribution in [3.63, 3.8) is 0 Å². The number of amides is 1. The van der Waals surface area contributed by atoms with Crippen molar-refractivity contribution in [1.82, 2.24) is 15.5 Å². The van der Waals surface area contributed by atoms with Crippen LogP contribution in [0.4, 0.5) is 0 Å². The van der Waals surface area contributed by atoms with E-state index in [1.54, 1.807) is 6.92 Å². The molecule has 3 atom stereocenters. The Labute approximate surface area is 150 Å². The van der Waals surface area contributed by atoms with Crippen LogP contribution in [0.3, 0.4) is 0 Å². The smallest absolute Gasteiger partial charge is 0.239 e. The van der Waals surface area contributed by atoms with Gasteiger partial charge in [0.05, 0.1) is 0 Å². The highest BCUT2D eigenvalue weighted by Crippen LogP contribution is 2.17. The summed E-state index contributed by atoms with van der Waals surface area (Å²) < 4.78 is 17.6. The third-order valence-corrected chi connectivity index (χ3v) is 5.45. The van der Waals surface area contributed by atoms with E-state index in [9.17, 15) is 9.00 Å². The Hall–Kier alpha value is -2.02. The van der Waals surface area contributed by atoms with Crippen LogP contribution < -0.4 is 5.32 Å². The molecule has 0 bridgehead atoms. The summed E-state index contributed by atoms with van der Waals surface area (Å²) in [5, 5.41) is 6.18. The Bertz CT molecular complexity index is 727. The highest BCUT2D eigenvalue weighted by atomic mass is 32.2. The zero-order valence-electron chi connectivity index (χ0n) is 15.1. The first-order chi connectivity index (χ1) is 11.9. The fourth-order valence-electron chi connectivity index (χ4n) is 2.36. The van der Waals surface area contributed by atoms with Gasteiger partial charge in [-0.25, -0.2) is 0 Å². The molecular formula is C18H25N3O3S. The Balaban J connectivity index is 1.96. The predicted molar refractivity (Wildman–Crippen MR) is 98.3 cm³/mol. The van der Waals surface area contributed by atoms with Crippen molar-refractivity contribution < 1.29 is 13.5 Å². The molecule has 0 saturated carbocycles. The quantitative estimate of drug-likeness (QED) is 0.779. The van der Waals surface area contributed by atoms with Crippen molar-refractivity contribution >= 4 is 16.7 Å². The number of benzene rings is 1. The number of hydrogen-bond acceptors (Lipinski definition) is 5. The molecule has 1 N–H and O–H groups in total. The minimum Gasteiger partial charge on any atom is -0.353 e. The summed E-state index contributed by atoms with van der Waals surface area (Å²) in [6.07, 6.45) is 1.89. The molecule has 0 radical (unpaired) electrons. The lowest BCUT2D eigenvalue weighted by atomic mass is 10.1. The highest BCUT2D eigenvalue weighted by Gasteiger charge is 2.23. The van der Waals surface area contributed by atoms with E-state index in [0.717, 1.165) is 24.0 Å². The summed E-state index contributed by atoms with van der Waals surface area (Å²) in [6, 6.07) is 7.83. The van der Waals surface area contributed by atoms with Gasteiger partial charge < -0.3 is 9.84 Å². The maximum absolute atomic E-state index is 12.4. The third kappa shape index (κ3) is 5.49. The number of rotatable bonds is 8. The summed E-state index contributed by atoms with van der Waals surface area (Å²) in [5.41, 5.74) is 1.98. The second-order valence-electron chi connectivity index (χ2n) is 6.24. The van der Waals surface area contributed by atoms with Crippen LogP contribution in [-0.4, -0.2) is 31.5 Å². The molecule has 1 aromatic carbocycles. The van der Waals surface area contributed by atoms with Gasteiger partial charge in [0.15, 0.2) is 0 Å². The molecule has 0 aliphatic heterocycles. The van der Waals surface area contributed by atoms with Crippen LogP contribution in [0.1, 0.15) is 45.1 Å². The first kappa shape index (κ1) is 19.3. The lowest BCUT2D eigenvalue weighted by Gasteiger charge is -2.16. The number of carbonyl (C=O) groups is 1. The molecule has 3 unspecified atom stereocenters. The first-order valence-corrected chi connectivity index (χ1v) is 9.86. The number of hydrogen-bond donors (Lipinski definition) is 1. The number of aryl methyl sites for hydroxylation is 1. The van der Waals surface area contributed by atoms with Crippen molar-refractivity contribution in [2.45, 2.75) is 57.6 Å². The number of aromatic nitrogens is 2. The molecule has 1 amide bonds. The zero-order chi connectivity index (χ0) is 18.4. The molecule has 1 aromatic heterocycles. The van der Waals surface area contributed by atoms with Crippen LogP contribution in [0.25, 0.3) is 11.4 Å². The van der Waals surface area contributed by atoms with Crippen LogP contribution in [-0.2, 0) is 21.3 Å². The molecule has 6 nitrogen and oxygen atoms in total. The van der Waals surface area contributed by atoms with Crippen molar-refractivity contribution in [1.29, 1.82) is 0 Å². The summed E-state index contributed by atoms with van der Waals surface area (Å²) in [6.45, 7) is 7.66. The van der Waals surface area contributed by atoms with Gasteiger partial charge >= 0.3 is 0 Å². The molecule has 136 valence electrons. The minimum atomic E-state index is -1.42. The largest absolute Gasteiger partial charge is 0.353 e. The van der Waals surface area contributed by atoms with Crippen molar-refractivity contribution in [2.75, 3.05) is 0 Å². The Morgan fingerprint density at radius 1 is 1.28 bits per heavy atom. The van der Waals surface area contributed by atoms with Crippen LogP contribution in [0.15, 0.2) is 28.8 Å². The number of nitrogens with zero attached hydrogens (tertiary/aromatic N) is 2. The van der Waals surface area contributed by atoms with E-state index in [1.165, 1.54) is 0 Å². The Morgan fingerprint density at radius 2 is 1.96 bits per heavy atom. The van der Waals surface area contributed by atoms with Crippen LogP contribution >= 0.6 is 0 Å². The second-order valence-corrected chi connectivity index (χ2v) is 8.00. The fraction of sp³-hybridized carbons (Fsp3) is 0.500. The minimum absolute atomic E-state index is 0.0651. The topological polar surface area (TPSA) is 85.1 Å². The number of nitrogens with one attached hydrogen (secondary N) is 1. The molecule has 2 rings (SSSR count). The highest BCUT2D eigenvalue weighted by molar-refractivity contribution is 7.85. The average Bonchev–Trinajstić information content (AvgIpc) is 3.03. The Kier molecular flexibility index (Phi) is 6.87. The van der Waals surface area contributed by atoms with Gasteiger partial charge in [-0.1, -0.05) is 48.3 Å². The monoisotopic (exact) mass is 363 g/mol. The van der Waals surface area contributed by atoms with Crippen molar-refractivity contribution in [3.05, 3.63) is 35.7 Å². The molecule has 0 fully saturated rings. The summed E-state index contributed by atoms with van der Waals surface area (Å²) in [4.78, 5) is 16.4. The van der Waals surface area contributed by atoms with E-state index in [-0.39, 0.29) is 23.6 Å². The predicted octanol–water partition coefficient (Wildman–Crippen LogP) is 2.99. The molecular weight excluding hydrogens is 338 g/mol. The lowest BCUT2D eigenvalue weighted by molar-refractivity contribution is -0.121. The maximum Gasteiger partial charge on any atom is 0.239 e. The fourth-order valence-corrected chi connectivity index (χ4v) is 3.28. The van der Waals surface area contributed by atoms with Gasteiger partial charge in [-0.05, 0) is 27.2 Å². The standard InChI is InChI=1S/C18H25N3O3S/c1-5-6-13(3)19-18(22)14(4)25(23)11-16-20-17(21-24-16)15-9-7-12(2)8-10-15/h7-10,13-14H,5-6,11H2,1-4H3,(H,19,22). The number of carbonyl (C=O) groups excluding carboxylic acids is 1. The second kappa shape index (κ2) is 8.89. The van der Waals surface area contributed by atoms with Crippen LogP contribution in [0, 0.1) is 6.92 Å². The van der Waals surface area contributed by atoms with Crippen molar-refractivity contribution in [3.8, 4) is 11.4 Å². The molecule has 0 spiro atoms. The van der Waals surface area contributed by atoms with E-state index in [4.69, 9.17) is 4.52 Å². The molecule has 2 aromatic rings. The third-order valence-electron chi connectivity index (χ3n) is 3.92. The maximum atomic E-state index is 12.4. The lowest BCUT2D eigenvalue weighted by Crippen LogP contribution is -2.40. The molecule has 0 aliphatic rings. The van der Waals surface area contributed by atoms with Gasteiger partial charge in [0, 0.05) is 22.4 Å². The van der Waals surface area contributed by atoms with Gasteiger partial charge in [-0.15, -0.1) is 0 Å². The first-order valence-electron chi connectivity index (χ1n) is 8.48. The van der Waals surface area contributed by atoms with Crippen LogP contribution in [0.2, 0.25) is 0 Å². The van der Waals surface area contributed by atoms with E-state index < -0.39 is 16.0 Å². The van der Waals surface area contributed by atoms with Gasteiger partial charge in [-0.3, -0.25) is 9.00 Å². The van der Waals surface area contributed by atoms with E-state index in [0.29, 0.717) is 5.82 Å².